The fourth-order valence-electron chi connectivity index (χ4n) is 5.07. The van der Waals surface area contributed by atoms with Crippen molar-refractivity contribution >= 4 is 23.3 Å². The average Bonchev–Trinajstić information content (AvgIpc) is 2.87. The molecule has 0 spiro atoms. The molecule has 8 nitrogen and oxygen atoms in total. The van der Waals surface area contributed by atoms with Gasteiger partial charge in [-0.1, -0.05) is 19.9 Å². The second-order valence-corrected chi connectivity index (χ2v) is 10.1. The van der Waals surface area contributed by atoms with Gasteiger partial charge in [0.2, 0.25) is 5.95 Å². The lowest BCUT2D eigenvalue weighted by atomic mass is 9.81. The molecule has 3 rings (SSSR count). The minimum Gasteiger partial charge on any atom is -0.393 e. The van der Waals surface area contributed by atoms with Gasteiger partial charge in [0.1, 0.15) is 5.84 Å². The van der Waals surface area contributed by atoms with Gasteiger partial charge in [-0.2, -0.15) is 13.2 Å². The van der Waals surface area contributed by atoms with Crippen LogP contribution in [0.4, 0.5) is 19.1 Å². The third kappa shape index (κ3) is 7.66. The van der Waals surface area contributed by atoms with Gasteiger partial charge in [0.15, 0.2) is 0 Å². The predicted molar refractivity (Wildman–Crippen MR) is 138 cm³/mol. The zero-order valence-electron chi connectivity index (χ0n) is 21.9. The first kappa shape index (κ1) is 28.9. The van der Waals surface area contributed by atoms with E-state index in [1.54, 1.807) is 13.2 Å². The zero-order chi connectivity index (χ0) is 27.2. The summed E-state index contributed by atoms with van der Waals surface area (Å²) < 4.78 is 38.4. The van der Waals surface area contributed by atoms with Crippen LogP contribution >= 0.6 is 0 Å². The molecule has 37 heavy (non-hydrogen) atoms. The van der Waals surface area contributed by atoms with Crippen molar-refractivity contribution in [1.29, 1.82) is 0 Å². The lowest BCUT2D eigenvalue weighted by molar-refractivity contribution is -0.186. The number of aliphatic hydroxyl groups excluding tert-OH is 1. The molecule has 206 valence electrons. The first-order valence-electron chi connectivity index (χ1n) is 13.1. The standard InChI is InChI=1S/C26H39F3N6O2/c1-5-6-16(2)32-25-31-15-21(22(34-25)17(3)18-7-9-20(36)10-8-18)23(30-4)33-19-11-13-35(14-12-19)24(37)26(27,28)29/h15-16,18-20,36H,3,5-14H2,1-2,4H3,(H,30,33)(H,31,32,34). The Balaban J connectivity index is 1.80. The smallest absolute Gasteiger partial charge is 0.393 e. The van der Waals surface area contributed by atoms with E-state index in [4.69, 9.17) is 4.98 Å². The van der Waals surface area contributed by atoms with E-state index in [1.807, 2.05) is 0 Å². The van der Waals surface area contributed by atoms with Gasteiger partial charge >= 0.3 is 12.1 Å². The van der Waals surface area contributed by atoms with Gasteiger partial charge in [-0.25, -0.2) is 9.97 Å². The van der Waals surface area contributed by atoms with Gasteiger partial charge in [0.05, 0.1) is 17.4 Å². The highest BCUT2D eigenvalue weighted by Gasteiger charge is 2.43. The maximum absolute atomic E-state index is 12.8. The van der Waals surface area contributed by atoms with Crippen LogP contribution < -0.4 is 10.6 Å². The lowest BCUT2D eigenvalue weighted by Gasteiger charge is -2.33. The molecule has 1 aliphatic carbocycles. The minimum absolute atomic E-state index is 0.0195. The van der Waals surface area contributed by atoms with Crippen molar-refractivity contribution in [3.8, 4) is 0 Å². The van der Waals surface area contributed by atoms with E-state index in [9.17, 15) is 23.1 Å². The van der Waals surface area contributed by atoms with Crippen LogP contribution in [0.3, 0.4) is 0 Å². The van der Waals surface area contributed by atoms with Crippen LogP contribution in [-0.2, 0) is 4.79 Å². The van der Waals surface area contributed by atoms with E-state index in [0.717, 1.165) is 36.2 Å². The van der Waals surface area contributed by atoms with Gasteiger partial charge in [-0.05, 0) is 63.4 Å². The van der Waals surface area contributed by atoms with E-state index in [-0.39, 0.29) is 37.2 Å². The Labute approximate surface area is 216 Å². The molecule has 1 aromatic rings. The van der Waals surface area contributed by atoms with Gasteiger partial charge in [-0.3, -0.25) is 9.79 Å². The molecule has 2 fully saturated rings. The third-order valence-electron chi connectivity index (χ3n) is 7.22. The van der Waals surface area contributed by atoms with Crippen LogP contribution in [0.1, 0.15) is 76.5 Å². The van der Waals surface area contributed by atoms with Crippen molar-refractivity contribution in [3.63, 3.8) is 0 Å². The third-order valence-corrected chi connectivity index (χ3v) is 7.22. The Morgan fingerprint density at radius 2 is 1.89 bits per heavy atom. The van der Waals surface area contributed by atoms with E-state index in [1.165, 1.54) is 0 Å². The number of allylic oxidation sites excluding steroid dienone is 1. The topological polar surface area (TPSA) is 103 Å². The molecule has 1 unspecified atom stereocenters. The number of aliphatic hydroxyl groups is 1. The number of carbonyl (C=O) groups is 1. The predicted octanol–water partition coefficient (Wildman–Crippen LogP) is 4.16. The lowest BCUT2D eigenvalue weighted by Crippen LogP contribution is -2.50. The fourth-order valence-corrected chi connectivity index (χ4v) is 5.07. The second kappa shape index (κ2) is 12.7. The minimum atomic E-state index is -4.86. The summed E-state index contributed by atoms with van der Waals surface area (Å²) in [5.41, 5.74) is 2.23. The number of likely N-dealkylation sites (tertiary alicyclic amines) is 1. The summed E-state index contributed by atoms with van der Waals surface area (Å²) in [4.78, 5) is 26.2. The summed E-state index contributed by atoms with van der Waals surface area (Å²) in [5, 5.41) is 16.7. The number of carbonyl (C=O) groups excluding carboxylic acids is 1. The highest BCUT2D eigenvalue weighted by molar-refractivity contribution is 6.02. The summed E-state index contributed by atoms with van der Waals surface area (Å²) in [5.74, 6) is -0.570. The highest BCUT2D eigenvalue weighted by Crippen LogP contribution is 2.35. The number of halogens is 3. The quantitative estimate of drug-likeness (QED) is 0.349. The summed E-state index contributed by atoms with van der Waals surface area (Å²) in [6.45, 7) is 8.61. The largest absolute Gasteiger partial charge is 0.471 e. The normalized spacial score (nSPS) is 22.5. The van der Waals surface area contributed by atoms with Crippen molar-refractivity contribution in [3.05, 3.63) is 24.0 Å². The molecule has 1 saturated heterocycles. The van der Waals surface area contributed by atoms with Crippen LogP contribution in [0.2, 0.25) is 0 Å². The number of nitrogens with one attached hydrogen (secondary N) is 2. The van der Waals surface area contributed by atoms with E-state index in [0.29, 0.717) is 48.7 Å². The second-order valence-electron chi connectivity index (χ2n) is 10.1. The first-order chi connectivity index (χ1) is 17.5. The SMILES string of the molecule is C=C(c1nc(NC(C)CCC)ncc1C(=NC)NC1CCN(C(=O)C(F)(F)F)CC1)C1CCC(O)CC1. The molecule has 1 aliphatic heterocycles. The number of amides is 1. The summed E-state index contributed by atoms with van der Waals surface area (Å²) in [7, 11) is 1.64. The maximum Gasteiger partial charge on any atom is 0.471 e. The monoisotopic (exact) mass is 524 g/mol. The van der Waals surface area contributed by atoms with Crippen molar-refractivity contribution in [2.75, 3.05) is 25.5 Å². The molecule has 1 amide bonds. The molecular weight excluding hydrogens is 485 g/mol. The molecule has 0 bridgehead atoms. The van der Waals surface area contributed by atoms with Gasteiger partial charge < -0.3 is 20.6 Å². The molecule has 0 radical (unpaired) electrons. The summed E-state index contributed by atoms with van der Waals surface area (Å²) >= 11 is 0. The van der Waals surface area contributed by atoms with Crippen LogP contribution in [0.5, 0.6) is 0 Å². The number of anilines is 1. The highest BCUT2D eigenvalue weighted by atomic mass is 19.4. The average molecular weight is 525 g/mol. The van der Waals surface area contributed by atoms with Gasteiger partial charge in [-0.15, -0.1) is 0 Å². The van der Waals surface area contributed by atoms with Crippen molar-refractivity contribution in [2.24, 2.45) is 10.9 Å². The van der Waals surface area contributed by atoms with E-state index < -0.39 is 12.1 Å². The number of piperidine rings is 1. The zero-order valence-corrected chi connectivity index (χ0v) is 21.9. The van der Waals surface area contributed by atoms with E-state index in [2.05, 4.69) is 41.0 Å². The number of amidine groups is 1. The molecule has 0 aromatic carbocycles. The number of hydrogen-bond acceptors (Lipinski definition) is 6. The number of rotatable bonds is 8. The molecule has 11 heteroatoms. The molecular formula is C26H39F3N6O2. The summed E-state index contributed by atoms with van der Waals surface area (Å²) in [6.07, 6.45) is 2.36. The van der Waals surface area contributed by atoms with Crippen molar-refractivity contribution in [1.82, 2.24) is 20.2 Å². The van der Waals surface area contributed by atoms with Crippen LogP contribution in [-0.4, -0.2) is 76.2 Å². The number of aliphatic imine (C=N–C) groups is 1. The van der Waals surface area contributed by atoms with Crippen LogP contribution in [0.15, 0.2) is 17.8 Å². The first-order valence-corrected chi connectivity index (χ1v) is 13.1. The molecule has 1 aromatic heterocycles. The van der Waals surface area contributed by atoms with Crippen molar-refractivity contribution in [2.45, 2.75) is 89.6 Å². The fraction of sp³-hybridized carbons (Fsp3) is 0.692. The number of aromatic nitrogens is 2. The maximum atomic E-state index is 12.8. The number of hydrogen-bond donors (Lipinski definition) is 3. The Morgan fingerprint density at radius 3 is 2.46 bits per heavy atom. The van der Waals surface area contributed by atoms with Crippen LogP contribution in [0.25, 0.3) is 5.57 Å². The number of alkyl halides is 3. The number of nitrogens with zero attached hydrogens (tertiary/aromatic N) is 4. The molecule has 1 atom stereocenters. The Kier molecular flexibility index (Phi) is 9.92. The van der Waals surface area contributed by atoms with Gasteiger partial charge in [0, 0.05) is 38.4 Å². The Hall–Kier alpha value is -2.69. The Bertz CT molecular complexity index is 968. The molecule has 3 N–H and O–H groups in total. The van der Waals surface area contributed by atoms with E-state index >= 15 is 0 Å². The molecule has 2 aliphatic rings. The summed E-state index contributed by atoms with van der Waals surface area (Å²) in [6, 6.07) is 0.0492. The molecule has 1 saturated carbocycles. The van der Waals surface area contributed by atoms with Crippen molar-refractivity contribution < 1.29 is 23.1 Å². The van der Waals surface area contributed by atoms with Gasteiger partial charge in [0.25, 0.3) is 0 Å². The Morgan fingerprint density at radius 1 is 1.24 bits per heavy atom. The van der Waals surface area contributed by atoms with Crippen LogP contribution in [0, 0.1) is 5.92 Å². The molecule has 2 heterocycles.